The summed E-state index contributed by atoms with van der Waals surface area (Å²) in [6.45, 7) is 0.438. The summed E-state index contributed by atoms with van der Waals surface area (Å²) in [7, 11) is 0. The van der Waals surface area contributed by atoms with Crippen LogP contribution in [0.5, 0.6) is 11.5 Å². The van der Waals surface area contributed by atoms with Crippen LogP contribution in [0, 0.1) is 0 Å². The average molecular weight is 230 g/mol. The molecule has 0 aliphatic carbocycles. The van der Waals surface area contributed by atoms with Gasteiger partial charge < -0.3 is 15.6 Å². The summed E-state index contributed by atoms with van der Waals surface area (Å²) >= 11 is 0. The lowest BCUT2D eigenvalue weighted by Crippen LogP contribution is -1.99. The minimum atomic E-state index is 0.0290. The molecule has 0 atom stereocenters. The van der Waals surface area contributed by atoms with Gasteiger partial charge in [0.15, 0.2) is 0 Å². The van der Waals surface area contributed by atoms with Crippen molar-refractivity contribution >= 4 is 0 Å². The molecule has 2 aromatic rings. The fourth-order valence-corrected chi connectivity index (χ4v) is 1.46. The van der Waals surface area contributed by atoms with Crippen molar-refractivity contribution < 1.29 is 9.84 Å². The van der Waals surface area contributed by atoms with E-state index in [9.17, 15) is 0 Å². The van der Waals surface area contributed by atoms with E-state index in [1.54, 1.807) is 24.5 Å². The van der Waals surface area contributed by atoms with Crippen LogP contribution in [0.15, 0.2) is 42.7 Å². The summed E-state index contributed by atoms with van der Waals surface area (Å²) in [6.07, 6.45) is 3.33. The Morgan fingerprint density at radius 2 is 1.94 bits per heavy atom. The zero-order valence-corrected chi connectivity index (χ0v) is 9.34. The molecular weight excluding hydrogens is 216 g/mol. The largest absolute Gasteiger partial charge is 0.455 e. The van der Waals surface area contributed by atoms with Gasteiger partial charge in [-0.1, -0.05) is 12.1 Å². The summed E-state index contributed by atoms with van der Waals surface area (Å²) < 4.78 is 5.68. The number of aromatic nitrogens is 1. The monoisotopic (exact) mass is 230 g/mol. The van der Waals surface area contributed by atoms with E-state index in [2.05, 4.69) is 4.98 Å². The maximum absolute atomic E-state index is 8.93. The van der Waals surface area contributed by atoms with Crippen LogP contribution in [0.3, 0.4) is 0 Å². The first kappa shape index (κ1) is 11.6. The molecule has 0 amide bonds. The Morgan fingerprint density at radius 1 is 1.18 bits per heavy atom. The van der Waals surface area contributed by atoms with Crippen LogP contribution in [-0.2, 0) is 13.2 Å². The number of rotatable bonds is 4. The molecule has 1 aromatic heterocycles. The molecule has 3 N–H and O–H groups in total. The molecule has 0 saturated heterocycles. The van der Waals surface area contributed by atoms with Crippen LogP contribution in [0.25, 0.3) is 0 Å². The van der Waals surface area contributed by atoms with E-state index in [0.717, 1.165) is 11.1 Å². The smallest absolute Gasteiger partial charge is 0.150 e. The lowest BCUT2D eigenvalue weighted by atomic mass is 10.2. The number of ether oxygens (including phenoxy) is 1. The van der Waals surface area contributed by atoms with Gasteiger partial charge >= 0.3 is 0 Å². The molecule has 0 spiro atoms. The van der Waals surface area contributed by atoms with Gasteiger partial charge in [0.25, 0.3) is 0 Å². The van der Waals surface area contributed by atoms with Gasteiger partial charge in [-0.3, -0.25) is 4.98 Å². The highest BCUT2D eigenvalue weighted by Crippen LogP contribution is 2.24. The zero-order chi connectivity index (χ0) is 12.1. The predicted molar refractivity (Wildman–Crippen MR) is 64.6 cm³/mol. The molecule has 0 bridgehead atoms. The Kier molecular flexibility index (Phi) is 3.69. The van der Waals surface area contributed by atoms with E-state index in [1.165, 1.54) is 0 Å². The molecule has 0 aliphatic heterocycles. The van der Waals surface area contributed by atoms with Crippen molar-refractivity contribution in [3.63, 3.8) is 0 Å². The van der Waals surface area contributed by atoms with Gasteiger partial charge in [-0.2, -0.15) is 0 Å². The summed E-state index contributed by atoms with van der Waals surface area (Å²) in [5.41, 5.74) is 7.37. The topological polar surface area (TPSA) is 68.4 Å². The van der Waals surface area contributed by atoms with Crippen molar-refractivity contribution in [1.82, 2.24) is 4.98 Å². The Morgan fingerprint density at radius 3 is 2.59 bits per heavy atom. The van der Waals surface area contributed by atoms with Gasteiger partial charge in [0, 0.05) is 18.3 Å². The molecule has 0 radical (unpaired) electrons. The van der Waals surface area contributed by atoms with Crippen molar-refractivity contribution in [2.24, 2.45) is 5.73 Å². The van der Waals surface area contributed by atoms with Crippen LogP contribution < -0.4 is 10.5 Å². The fourth-order valence-electron chi connectivity index (χ4n) is 1.46. The highest BCUT2D eigenvalue weighted by atomic mass is 16.5. The van der Waals surface area contributed by atoms with Crippen LogP contribution in [0.1, 0.15) is 11.1 Å². The van der Waals surface area contributed by atoms with Crippen LogP contribution in [0.2, 0.25) is 0 Å². The van der Waals surface area contributed by atoms with Gasteiger partial charge in [-0.15, -0.1) is 0 Å². The molecule has 4 heteroatoms. The highest BCUT2D eigenvalue weighted by Gasteiger charge is 2.03. The number of nitrogens with zero attached hydrogens (tertiary/aromatic N) is 1. The molecule has 1 heterocycles. The first-order valence-electron chi connectivity index (χ1n) is 5.34. The minimum absolute atomic E-state index is 0.0290. The molecule has 88 valence electrons. The molecule has 0 saturated carbocycles. The van der Waals surface area contributed by atoms with Crippen LogP contribution in [-0.4, -0.2) is 10.1 Å². The standard InChI is InChI=1S/C13H14N2O2/c14-7-11-5-6-15-8-13(11)17-12-3-1-10(9-16)2-4-12/h1-6,8,16H,7,9,14H2. The number of benzene rings is 1. The lowest BCUT2D eigenvalue weighted by Gasteiger charge is -2.09. The molecule has 4 nitrogen and oxygen atoms in total. The van der Waals surface area contributed by atoms with E-state index in [0.29, 0.717) is 18.0 Å². The Balaban J connectivity index is 2.19. The second-order valence-electron chi connectivity index (χ2n) is 3.59. The normalized spacial score (nSPS) is 10.2. The Bertz CT molecular complexity index is 483. The van der Waals surface area contributed by atoms with Crippen molar-refractivity contribution in [3.8, 4) is 11.5 Å². The third-order valence-electron chi connectivity index (χ3n) is 2.42. The first-order chi connectivity index (χ1) is 8.33. The third kappa shape index (κ3) is 2.81. The zero-order valence-electron chi connectivity index (χ0n) is 9.34. The molecule has 2 rings (SSSR count). The van der Waals surface area contributed by atoms with Crippen molar-refractivity contribution in [2.45, 2.75) is 13.2 Å². The van der Waals surface area contributed by atoms with E-state index in [1.807, 2.05) is 18.2 Å². The maximum Gasteiger partial charge on any atom is 0.150 e. The molecule has 0 unspecified atom stereocenters. The molecule has 0 fully saturated rings. The highest BCUT2D eigenvalue weighted by molar-refractivity contribution is 5.36. The SMILES string of the molecule is NCc1ccncc1Oc1ccc(CO)cc1. The molecule has 0 aliphatic rings. The van der Waals surface area contributed by atoms with Crippen LogP contribution in [0.4, 0.5) is 0 Å². The molecule has 1 aromatic carbocycles. The van der Waals surface area contributed by atoms with E-state index in [-0.39, 0.29) is 6.61 Å². The predicted octanol–water partition coefficient (Wildman–Crippen LogP) is 1.82. The quantitative estimate of drug-likeness (QED) is 0.840. The summed E-state index contributed by atoms with van der Waals surface area (Å²) in [6, 6.07) is 9.07. The number of hydrogen-bond acceptors (Lipinski definition) is 4. The van der Waals surface area contributed by atoms with E-state index < -0.39 is 0 Å². The Labute approximate surface area is 99.7 Å². The van der Waals surface area contributed by atoms with Gasteiger partial charge in [0.05, 0.1) is 12.8 Å². The number of hydrogen-bond donors (Lipinski definition) is 2. The third-order valence-corrected chi connectivity index (χ3v) is 2.42. The van der Waals surface area contributed by atoms with E-state index >= 15 is 0 Å². The van der Waals surface area contributed by atoms with Gasteiger partial charge in [-0.25, -0.2) is 0 Å². The van der Waals surface area contributed by atoms with Crippen LogP contribution >= 0.6 is 0 Å². The molecular formula is C13H14N2O2. The summed E-state index contributed by atoms with van der Waals surface area (Å²) in [4.78, 5) is 4.00. The van der Waals surface area contributed by atoms with Crippen molar-refractivity contribution in [3.05, 3.63) is 53.9 Å². The minimum Gasteiger partial charge on any atom is -0.455 e. The first-order valence-corrected chi connectivity index (χ1v) is 5.34. The number of nitrogens with two attached hydrogens (primary N) is 1. The number of pyridine rings is 1. The van der Waals surface area contributed by atoms with Gasteiger partial charge in [0.1, 0.15) is 11.5 Å². The van der Waals surface area contributed by atoms with Crippen molar-refractivity contribution in [1.29, 1.82) is 0 Å². The lowest BCUT2D eigenvalue weighted by molar-refractivity contribution is 0.281. The summed E-state index contributed by atoms with van der Waals surface area (Å²) in [5.74, 6) is 1.36. The number of aliphatic hydroxyl groups is 1. The average Bonchev–Trinajstić information content (AvgIpc) is 2.40. The van der Waals surface area contributed by atoms with E-state index in [4.69, 9.17) is 15.6 Å². The Hall–Kier alpha value is -1.91. The summed E-state index contributed by atoms with van der Waals surface area (Å²) in [5, 5.41) is 8.93. The number of aliphatic hydroxyl groups excluding tert-OH is 1. The van der Waals surface area contributed by atoms with Gasteiger partial charge in [-0.05, 0) is 23.8 Å². The fraction of sp³-hybridized carbons (Fsp3) is 0.154. The maximum atomic E-state index is 8.93. The second kappa shape index (κ2) is 5.43. The second-order valence-corrected chi connectivity index (χ2v) is 3.59. The molecule has 17 heavy (non-hydrogen) atoms. The van der Waals surface area contributed by atoms with Gasteiger partial charge in [0.2, 0.25) is 0 Å². The van der Waals surface area contributed by atoms with Crippen molar-refractivity contribution in [2.75, 3.05) is 0 Å².